The van der Waals surface area contributed by atoms with Crippen LogP contribution in [0.5, 0.6) is 0 Å². The average Bonchev–Trinajstić information content (AvgIpc) is 3.33. The molecule has 204 valence electrons. The zero-order valence-electron chi connectivity index (χ0n) is 24.5. The molecule has 2 aliphatic carbocycles. The van der Waals surface area contributed by atoms with E-state index in [9.17, 15) is 0 Å². The third-order valence-corrected chi connectivity index (χ3v) is 9.70. The predicted octanol–water partition coefficient (Wildman–Crippen LogP) is 10.6. The Balaban J connectivity index is 1.31. The van der Waals surface area contributed by atoms with Crippen molar-refractivity contribution >= 4 is 27.2 Å². The molecular formula is C41H35N. The van der Waals surface area contributed by atoms with E-state index < -0.39 is 0 Å². The van der Waals surface area contributed by atoms with E-state index in [1.54, 1.807) is 0 Å². The minimum absolute atomic E-state index is 0.252. The topological polar surface area (TPSA) is 3.24 Å². The molecule has 1 aliphatic heterocycles. The van der Waals surface area contributed by atoms with Crippen molar-refractivity contribution in [3.8, 4) is 11.1 Å². The van der Waals surface area contributed by atoms with Gasteiger partial charge in [0.25, 0.3) is 0 Å². The molecular weight excluding hydrogens is 506 g/mol. The normalized spacial score (nSPS) is 22.7. The van der Waals surface area contributed by atoms with Gasteiger partial charge in [0.2, 0.25) is 0 Å². The Hall–Kier alpha value is -4.62. The Morgan fingerprint density at radius 3 is 2.05 bits per heavy atom. The smallest absolute Gasteiger partial charge is 0.0626 e. The van der Waals surface area contributed by atoms with Crippen LogP contribution in [0.2, 0.25) is 0 Å². The van der Waals surface area contributed by atoms with E-state index in [0.29, 0.717) is 17.9 Å². The van der Waals surface area contributed by atoms with Crippen LogP contribution in [-0.2, 0) is 0 Å². The highest BCUT2D eigenvalue weighted by molar-refractivity contribution is 6.15. The van der Waals surface area contributed by atoms with Gasteiger partial charge in [0, 0.05) is 29.1 Å². The summed E-state index contributed by atoms with van der Waals surface area (Å²) in [5, 5.41) is 5.35. The zero-order valence-corrected chi connectivity index (χ0v) is 24.5. The number of hydrogen-bond donors (Lipinski definition) is 0. The second kappa shape index (κ2) is 9.74. The Labute approximate surface area is 248 Å². The van der Waals surface area contributed by atoms with E-state index in [4.69, 9.17) is 0 Å². The minimum atomic E-state index is 0.252. The standard InChI is InChI=1S/C41H35N/c1-26-20-22-38-35(24-26)36-25-27(2)21-23-39(36)42(38)37-19-11-18-30(28(37)3)41-33-16-9-7-14-31(33)40(29-12-5-4-6-13-29)32-15-8-10-17-34(32)41/h4-25,28,30,35,38H,1-3H3. The number of hydrogen-bond acceptors (Lipinski definition) is 1. The molecule has 0 spiro atoms. The second-order valence-electron chi connectivity index (χ2n) is 12.3. The molecule has 0 saturated carbocycles. The molecule has 1 nitrogen and oxygen atoms in total. The lowest BCUT2D eigenvalue weighted by Gasteiger charge is -2.38. The lowest BCUT2D eigenvalue weighted by molar-refractivity contribution is 0.561. The fraction of sp³-hybridized carbons (Fsp3) is 0.171. The second-order valence-corrected chi connectivity index (χ2v) is 12.3. The van der Waals surface area contributed by atoms with Crippen LogP contribution in [0.4, 0.5) is 5.69 Å². The molecule has 0 amide bonds. The Morgan fingerprint density at radius 1 is 0.667 bits per heavy atom. The summed E-state index contributed by atoms with van der Waals surface area (Å²) >= 11 is 0. The predicted molar refractivity (Wildman–Crippen MR) is 179 cm³/mol. The van der Waals surface area contributed by atoms with Crippen LogP contribution >= 0.6 is 0 Å². The van der Waals surface area contributed by atoms with Gasteiger partial charge in [-0.25, -0.2) is 0 Å². The number of benzene rings is 5. The monoisotopic (exact) mass is 541 g/mol. The molecule has 4 unspecified atom stereocenters. The van der Waals surface area contributed by atoms with Gasteiger partial charge in [-0.2, -0.15) is 0 Å². The summed E-state index contributed by atoms with van der Waals surface area (Å²) in [6, 6.07) is 36.3. The van der Waals surface area contributed by atoms with Gasteiger partial charge < -0.3 is 4.90 Å². The SMILES string of the molecule is CC1=CC2c3cc(C)ccc3N(C3=CC=CC(c4c5ccccc5c(-c5ccccc5)c5ccccc45)C3C)C2C=C1. The molecule has 5 aromatic rings. The Morgan fingerprint density at radius 2 is 1.33 bits per heavy atom. The number of fused-ring (bicyclic) bond motifs is 5. The largest absolute Gasteiger partial charge is 0.337 e. The maximum absolute atomic E-state index is 2.64. The van der Waals surface area contributed by atoms with Gasteiger partial charge in [0.15, 0.2) is 0 Å². The van der Waals surface area contributed by atoms with Gasteiger partial charge in [-0.1, -0.05) is 139 Å². The first-order valence-electron chi connectivity index (χ1n) is 15.2. The third-order valence-electron chi connectivity index (χ3n) is 9.70. The van der Waals surface area contributed by atoms with Crippen LogP contribution < -0.4 is 4.90 Å². The molecule has 0 aromatic heterocycles. The highest BCUT2D eigenvalue weighted by Gasteiger charge is 2.41. The van der Waals surface area contributed by atoms with Crippen molar-refractivity contribution in [2.24, 2.45) is 5.92 Å². The zero-order chi connectivity index (χ0) is 28.4. The van der Waals surface area contributed by atoms with Gasteiger partial charge in [0.05, 0.1) is 6.04 Å². The first kappa shape index (κ1) is 25.1. The highest BCUT2D eigenvalue weighted by Crippen LogP contribution is 2.51. The molecule has 3 aliphatic rings. The van der Waals surface area contributed by atoms with Gasteiger partial charge >= 0.3 is 0 Å². The lowest BCUT2D eigenvalue weighted by atomic mass is 9.76. The number of rotatable bonds is 3. The van der Waals surface area contributed by atoms with Gasteiger partial charge in [-0.15, -0.1) is 0 Å². The number of allylic oxidation sites excluding steroid dienone is 6. The van der Waals surface area contributed by atoms with E-state index in [2.05, 4.69) is 159 Å². The maximum atomic E-state index is 2.64. The van der Waals surface area contributed by atoms with Crippen LogP contribution in [0.25, 0.3) is 32.7 Å². The lowest BCUT2D eigenvalue weighted by Crippen LogP contribution is -2.36. The van der Waals surface area contributed by atoms with Crippen molar-refractivity contribution in [3.05, 3.63) is 161 Å². The highest BCUT2D eigenvalue weighted by atomic mass is 15.2. The molecule has 5 aromatic carbocycles. The van der Waals surface area contributed by atoms with Crippen LogP contribution in [0, 0.1) is 12.8 Å². The third kappa shape index (κ3) is 3.77. The van der Waals surface area contributed by atoms with Gasteiger partial charge in [-0.3, -0.25) is 0 Å². The average molecular weight is 542 g/mol. The van der Waals surface area contributed by atoms with E-state index in [0.717, 1.165) is 0 Å². The summed E-state index contributed by atoms with van der Waals surface area (Å²) < 4.78 is 0. The van der Waals surface area contributed by atoms with Crippen LogP contribution in [-0.4, -0.2) is 6.04 Å². The minimum Gasteiger partial charge on any atom is -0.337 e. The molecule has 8 rings (SSSR count). The van der Waals surface area contributed by atoms with Crippen molar-refractivity contribution in [1.82, 2.24) is 0 Å². The van der Waals surface area contributed by atoms with Crippen molar-refractivity contribution in [2.45, 2.75) is 38.6 Å². The molecule has 0 bridgehead atoms. The number of nitrogens with zero attached hydrogens (tertiary/aromatic N) is 1. The molecule has 4 atom stereocenters. The van der Waals surface area contributed by atoms with Crippen molar-refractivity contribution in [3.63, 3.8) is 0 Å². The van der Waals surface area contributed by atoms with E-state index in [1.807, 2.05) is 0 Å². The fourth-order valence-corrected chi connectivity index (χ4v) is 7.82. The van der Waals surface area contributed by atoms with E-state index in [-0.39, 0.29) is 5.92 Å². The van der Waals surface area contributed by atoms with Gasteiger partial charge in [0.1, 0.15) is 0 Å². The quantitative estimate of drug-likeness (QED) is 0.205. The fourth-order valence-electron chi connectivity index (χ4n) is 7.82. The number of aryl methyl sites for hydroxylation is 1. The molecule has 0 radical (unpaired) electrons. The van der Waals surface area contributed by atoms with Crippen molar-refractivity contribution in [1.29, 1.82) is 0 Å². The summed E-state index contributed by atoms with van der Waals surface area (Å²) in [5.41, 5.74) is 10.9. The van der Waals surface area contributed by atoms with E-state index >= 15 is 0 Å². The molecule has 42 heavy (non-hydrogen) atoms. The first-order chi connectivity index (χ1) is 20.6. The van der Waals surface area contributed by atoms with Crippen LogP contribution in [0.3, 0.4) is 0 Å². The van der Waals surface area contributed by atoms with Crippen LogP contribution in [0.1, 0.15) is 42.4 Å². The molecule has 1 heteroatoms. The number of anilines is 1. The van der Waals surface area contributed by atoms with Crippen molar-refractivity contribution < 1.29 is 0 Å². The summed E-state index contributed by atoms with van der Waals surface area (Å²) in [7, 11) is 0. The molecule has 1 heterocycles. The summed E-state index contributed by atoms with van der Waals surface area (Å²) in [5.74, 6) is 0.939. The van der Waals surface area contributed by atoms with Gasteiger partial charge in [-0.05, 0) is 69.8 Å². The Kier molecular flexibility index (Phi) is 5.82. The van der Waals surface area contributed by atoms with E-state index in [1.165, 1.54) is 66.3 Å². The first-order valence-corrected chi connectivity index (χ1v) is 15.2. The Bertz CT molecular complexity index is 1930. The summed E-state index contributed by atoms with van der Waals surface area (Å²) in [6.45, 7) is 6.87. The molecule has 0 N–H and O–H groups in total. The summed E-state index contributed by atoms with van der Waals surface area (Å²) in [6.07, 6.45) is 14.3. The summed E-state index contributed by atoms with van der Waals surface area (Å²) in [4.78, 5) is 2.64. The maximum Gasteiger partial charge on any atom is 0.0626 e. The molecule has 0 saturated heterocycles. The van der Waals surface area contributed by atoms with Crippen LogP contribution in [0.15, 0.2) is 145 Å². The van der Waals surface area contributed by atoms with Crippen molar-refractivity contribution in [2.75, 3.05) is 4.90 Å². The molecule has 0 fully saturated rings.